The lowest BCUT2D eigenvalue weighted by atomic mass is 10.1. The van der Waals surface area contributed by atoms with Crippen LogP contribution in [-0.4, -0.2) is 38.8 Å². The number of hydrogen-bond donors (Lipinski definition) is 2. The number of carbonyl (C=O) groups is 1. The molecule has 2 fully saturated rings. The van der Waals surface area contributed by atoms with Crippen LogP contribution < -0.4 is 10.6 Å². The number of amides is 1. The number of rotatable bonds is 6. The topological polar surface area (TPSA) is 50.4 Å². The van der Waals surface area contributed by atoms with Gasteiger partial charge in [-0.15, -0.1) is 12.4 Å². The van der Waals surface area contributed by atoms with E-state index in [1.807, 2.05) is 0 Å². The van der Waals surface area contributed by atoms with E-state index in [1.165, 1.54) is 12.8 Å². The van der Waals surface area contributed by atoms with Gasteiger partial charge in [0.25, 0.3) is 0 Å². The molecule has 0 spiro atoms. The van der Waals surface area contributed by atoms with Crippen LogP contribution in [0.4, 0.5) is 0 Å². The fraction of sp³-hybridized carbons (Fsp3) is 0.909. The average Bonchev–Trinajstić information content (AvgIpc) is 2.91. The zero-order chi connectivity index (χ0) is 10.5. The van der Waals surface area contributed by atoms with Crippen LogP contribution in [0, 0.1) is 11.8 Å². The summed E-state index contributed by atoms with van der Waals surface area (Å²) < 4.78 is 5.24. The van der Waals surface area contributed by atoms with E-state index in [-0.39, 0.29) is 18.3 Å². The summed E-state index contributed by atoms with van der Waals surface area (Å²) >= 11 is 0. The van der Waals surface area contributed by atoms with Crippen LogP contribution in [0.5, 0.6) is 0 Å². The molecule has 0 aromatic carbocycles. The standard InChI is InChI=1S/C11H20N2O2.ClH/c14-11(7-12-5-9-1-2-9)13-6-10-3-4-15-8-10;/h9-10,12H,1-8H2,(H,13,14);1H. The Labute approximate surface area is 103 Å². The molecule has 1 aliphatic carbocycles. The van der Waals surface area contributed by atoms with Crippen molar-refractivity contribution in [3.8, 4) is 0 Å². The van der Waals surface area contributed by atoms with E-state index in [0.29, 0.717) is 12.5 Å². The first-order chi connectivity index (χ1) is 7.34. The van der Waals surface area contributed by atoms with E-state index in [9.17, 15) is 4.79 Å². The molecule has 5 heteroatoms. The second kappa shape index (κ2) is 7.09. The Kier molecular flexibility index (Phi) is 6.09. The minimum atomic E-state index is 0. The molecule has 0 radical (unpaired) electrons. The molecule has 2 N–H and O–H groups in total. The molecular weight excluding hydrogens is 228 g/mol. The lowest BCUT2D eigenvalue weighted by molar-refractivity contribution is -0.120. The third-order valence-corrected chi connectivity index (χ3v) is 3.03. The van der Waals surface area contributed by atoms with E-state index >= 15 is 0 Å². The van der Waals surface area contributed by atoms with Crippen LogP contribution in [0.2, 0.25) is 0 Å². The van der Waals surface area contributed by atoms with Crippen molar-refractivity contribution >= 4 is 18.3 Å². The summed E-state index contributed by atoms with van der Waals surface area (Å²) in [7, 11) is 0. The van der Waals surface area contributed by atoms with Gasteiger partial charge in [-0.05, 0) is 31.7 Å². The lowest BCUT2D eigenvalue weighted by Gasteiger charge is -2.09. The van der Waals surface area contributed by atoms with E-state index < -0.39 is 0 Å². The van der Waals surface area contributed by atoms with Gasteiger partial charge in [0.1, 0.15) is 0 Å². The first-order valence-corrected chi connectivity index (χ1v) is 5.90. The highest BCUT2D eigenvalue weighted by Gasteiger charge is 2.21. The van der Waals surface area contributed by atoms with Gasteiger partial charge in [0.05, 0.1) is 13.2 Å². The SMILES string of the molecule is Cl.O=C(CNCC1CC1)NCC1CCOC1. The molecule has 1 aliphatic heterocycles. The summed E-state index contributed by atoms with van der Waals surface area (Å²) in [5.41, 5.74) is 0. The predicted octanol–water partition coefficient (Wildman–Crippen LogP) is 0.560. The molecule has 1 saturated carbocycles. The molecule has 1 amide bonds. The number of carbonyl (C=O) groups excluding carboxylic acids is 1. The monoisotopic (exact) mass is 248 g/mol. The Bertz CT molecular complexity index is 216. The zero-order valence-electron chi connectivity index (χ0n) is 9.54. The second-order valence-electron chi connectivity index (χ2n) is 4.61. The van der Waals surface area contributed by atoms with Crippen LogP contribution in [0.1, 0.15) is 19.3 Å². The van der Waals surface area contributed by atoms with Gasteiger partial charge in [0.15, 0.2) is 0 Å². The number of nitrogens with one attached hydrogen (secondary N) is 2. The van der Waals surface area contributed by atoms with Crippen molar-refractivity contribution in [2.45, 2.75) is 19.3 Å². The van der Waals surface area contributed by atoms with Gasteiger partial charge in [-0.1, -0.05) is 0 Å². The molecule has 0 bridgehead atoms. The Balaban J connectivity index is 0.00000128. The maximum Gasteiger partial charge on any atom is 0.233 e. The van der Waals surface area contributed by atoms with Crippen LogP contribution in [0.3, 0.4) is 0 Å². The van der Waals surface area contributed by atoms with Crippen molar-refractivity contribution in [1.29, 1.82) is 0 Å². The molecule has 1 heterocycles. The molecule has 4 nitrogen and oxygen atoms in total. The van der Waals surface area contributed by atoms with Gasteiger partial charge >= 0.3 is 0 Å². The Hall–Kier alpha value is -0.320. The summed E-state index contributed by atoms with van der Waals surface area (Å²) in [6.45, 7) is 3.88. The number of hydrogen-bond acceptors (Lipinski definition) is 3. The fourth-order valence-corrected chi connectivity index (χ4v) is 1.78. The van der Waals surface area contributed by atoms with Crippen molar-refractivity contribution in [3.05, 3.63) is 0 Å². The summed E-state index contributed by atoms with van der Waals surface area (Å²) in [4.78, 5) is 11.4. The Morgan fingerprint density at radius 1 is 1.19 bits per heavy atom. The van der Waals surface area contributed by atoms with Crippen molar-refractivity contribution in [3.63, 3.8) is 0 Å². The van der Waals surface area contributed by atoms with Gasteiger partial charge in [-0.3, -0.25) is 4.79 Å². The minimum absolute atomic E-state index is 0. The highest BCUT2D eigenvalue weighted by Crippen LogP contribution is 2.27. The summed E-state index contributed by atoms with van der Waals surface area (Å²) in [6.07, 6.45) is 3.73. The molecule has 1 atom stereocenters. The molecule has 94 valence electrons. The highest BCUT2D eigenvalue weighted by atomic mass is 35.5. The normalized spacial score (nSPS) is 23.9. The lowest BCUT2D eigenvalue weighted by Crippen LogP contribution is -2.37. The van der Waals surface area contributed by atoms with E-state index in [2.05, 4.69) is 10.6 Å². The maximum atomic E-state index is 11.4. The maximum absolute atomic E-state index is 11.4. The van der Waals surface area contributed by atoms with Crippen molar-refractivity contribution in [1.82, 2.24) is 10.6 Å². The van der Waals surface area contributed by atoms with Crippen molar-refractivity contribution in [2.24, 2.45) is 11.8 Å². The molecular formula is C11H21ClN2O2. The van der Waals surface area contributed by atoms with Gasteiger partial charge < -0.3 is 15.4 Å². The Morgan fingerprint density at radius 3 is 2.62 bits per heavy atom. The third kappa shape index (κ3) is 5.14. The molecule has 2 aliphatic rings. The molecule has 0 aromatic heterocycles. The fourth-order valence-electron chi connectivity index (χ4n) is 1.78. The van der Waals surface area contributed by atoms with E-state index in [1.54, 1.807) is 0 Å². The first-order valence-electron chi connectivity index (χ1n) is 5.90. The summed E-state index contributed by atoms with van der Waals surface area (Å²) in [5, 5.41) is 6.12. The largest absolute Gasteiger partial charge is 0.381 e. The third-order valence-electron chi connectivity index (χ3n) is 3.03. The smallest absolute Gasteiger partial charge is 0.233 e. The molecule has 2 rings (SSSR count). The van der Waals surface area contributed by atoms with Gasteiger partial charge in [0.2, 0.25) is 5.91 Å². The highest BCUT2D eigenvalue weighted by molar-refractivity contribution is 5.85. The quantitative estimate of drug-likeness (QED) is 0.722. The first kappa shape index (κ1) is 13.7. The van der Waals surface area contributed by atoms with Crippen LogP contribution >= 0.6 is 12.4 Å². The Morgan fingerprint density at radius 2 is 2.00 bits per heavy atom. The van der Waals surface area contributed by atoms with Crippen LogP contribution in [0.25, 0.3) is 0 Å². The molecule has 1 saturated heterocycles. The molecule has 1 unspecified atom stereocenters. The van der Waals surface area contributed by atoms with E-state index in [4.69, 9.17) is 4.74 Å². The van der Waals surface area contributed by atoms with Gasteiger partial charge in [-0.2, -0.15) is 0 Å². The predicted molar refractivity (Wildman–Crippen MR) is 64.8 cm³/mol. The van der Waals surface area contributed by atoms with Gasteiger partial charge in [0, 0.05) is 19.1 Å². The van der Waals surface area contributed by atoms with E-state index in [0.717, 1.165) is 38.6 Å². The van der Waals surface area contributed by atoms with Crippen molar-refractivity contribution < 1.29 is 9.53 Å². The second-order valence-corrected chi connectivity index (χ2v) is 4.61. The molecule has 16 heavy (non-hydrogen) atoms. The van der Waals surface area contributed by atoms with Gasteiger partial charge in [-0.25, -0.2) is 0 Å². The molecule has 0 aromatic rings. The summed E-state index contributed by atoms with van der Waals surface area (Å²) in [6, 6.07) is 0. The van der Waals surface area contributed by atoms with Crippen LogP contribution in [0.15, 0.2) is 0 Å². The number of halogens is 1. The summed E-state index contributed by atoms with van der Waals surface area (Å²) in [5.74, 6) is 1.47. The average molecular weight is 249 g/mol. The number of ether oxygens (including phenoxy) is 1. The zero-order valence-corrected chi connectivity index (χ0v) is 10.4. The van der Waals surface area contributed by atoms with Crippen LogP contribution in [-0.2, 0) is 9.53 Å². The minimum Gasteiger partial charge on any atom is -0.381 e. The van der Waals surface area contributed by atoms with Crippen molar-refractivity contribution in [2.75, 3.05) is 32.8 Å².